The molecule has 0 radical (unpaired) electrons. The van der Waals surface area contributed by atoms with E-state index in [1.807, 2.05) is 59.3 Å². The highest BCUT2D eigenvalue weighted by atomic mass is 16.3. The Morgan fingerprint density at radius 2 is 1.65 bits per heavy atom. The molecule has 3 nitrogen and oxygen atoms in total. The monoisotopic (exact) mass is 306 g/mol. The van der Waals surface area contributed by atoms with Gasteiger partial charge in [-0.05, 0) is 13.3 Å². The third-order valence-corrected chi connectivity index (χ3v) is 4.02. The van der Waals surface area contributed by atoms with Gasteiger partial charge in [0.2, 0.25) is 0 Å². The van der Waals surface area contributed by atoms with Crippen LogP contribution in [-0.4, -0.2) is 14.9 Å². The van der Waals surface area contributed by atoms with Crippen LogP contribution in [0.5, 0.6) is 5.75 Å². The first kappa shape index (κ1) is 15.3. The van der Waals surface area contributed by atoms with Crippen molar-refractivity contribution in [3.63, 3.8) is 0 Å². The molecule has 0 aliphatic carbocycles. The molecule has 3 heteroatoms. The number of unbranched alkanes of at least 4 members (excludes halogenated alkanes) is 1. The predicted molar refractivity (Wildman–Crippen MR) is 94.4 cm³/mol. The van der Waals surface area contributed by atoms with Crippen molar-refractivity contribution >= 4 is 0 Å². The minimum atomic E-state index is 0.260. The summed E-state index contributed by atoms with van der Waals surface area (Å²) < 4.78 is 1.93. The number of nitrogens with zero attached hydrogens (tertiary/aromatic N) is 2. The van der Waals surface area contributed by atoms with Crippen molar-refractivity contribution in [3.05, 3.63) is 60.2 Å². The van der Waals surface area contributed by atoms with E-state index < -0.39 is 0 Å². The van der Waals surface area contributed by atoms with E-state index >= 15 is 0 Å². The zero-order chi connectivity index (χ0) is 16.2. The van der Waals surface area contributed by atoms with Gasteiger partial charge in [-0.3, -0.25) is 4.68 Å². The first-order chi connectivity index (χ1) is 11.2. The van der Waals surface area contributed by atoms with E-state index in [0.29, 0.717) is 5.69 Å². The first-order valence-corrected chi connectivity index (χ1v) is 8.13. The molecule has 1 aromatic heterocycles. The maximum atomic E-state index is 10.8. The predicted octanol–water partition coefficient (Wildman–Crippen LogP) is 5.03. The summed E-state index contributed by atoms with van der Waals surface area (Å²) in [5, 5.41) is 15.5. The summed E-state index contributed by atoms with van der Waals surface area (Å²) in [5.74, 6) is 0.260. The van der Waals surface area contributed by atoms with Crippen molar-refractivity contribution in [1.29, 1.82) is 0 Å². The normalized spacial score (nSPS) is 10.9. The van der Waals surface area contributed by atoms with Crippen molar-refractivity contribution in [3.8, 4) is 28.3 Å². The molecule has 0 fully saturated rings. The van der Waals surface area contributed by atoms with Gasteiger partial charge in [0.25, 0.3) is 0 Å². The second-order valence-corrected chi connectivity index (χ2v) is 5.85. The van der Waals surface area contributed by atoms with Gasteiger partial charge in [-0.2, -0.15) is 5.10 Å². The highest BCUT2D eigenvalue weighted by Crippen LogP contribution is 2.38. The summed E-state index contributed by atoms with van der Waals surface area (Å²) in [5.41, 5.74) is 4.59. The van der Waals surface area contributed by atoms with Gasteiger partial charge in [0.1, 0.15) is 11.4 Å². The molecular weight excluding hydrogens is 284 g/mol. The van der Waals surface area contributed by atoms with E-state index in [1.54, 1.807) is 0 Å². The second kappa shape index (κ2) is 6.69. The van der Waals surface area contributed by atoms with Crippen molar-refractivity contribution in [2.75, 3.05) is 0 Å². The molecule has 118 valence electrons. The Morgan fingerprint density at radius 3 is 2.30 bits per heavy atom. The summed E-state index contributed by atoms with van der Waals surface area (Å²) >= 11 is 0. The van der Waals surface area contributed by atoms with Crippen molar-refractivity contribution in [2.24, 2.45) is 0 Å². The van der Waals surface area contributed by atoms with Crippen LogP contribution in [0.2, 0.25) is 0 Å². The van der Waals surface area contributed by atoms with Gasteiger partial charge >= 0.3 is 0 Å². The van der Waals surface area contributed by atoms with Gasteiger partial charge in [-0.25, -0.2) is 0 Å². The van der Waals surface area contributed by atoms with Crippen LogP contribution in [0, 0.1) is 6.92 Å². The summed E-state index contributed by atoms with van der Waals surface area (Å²) in [6.45, 7) is 5.02. The Balaban J connectivity index is 2.12. The Bertz CT molecular complexity index is 773. The van der Waals surface area contributed by atoms with Crippen LogP contribution in [0.15, 0.2) is 54.6 Å². The van der Waals surface area contributed by atoms with Crippen LogP contribution in [0.3, 0.4) is 0 Å². The largest absolute Gasteiger partial charge is 0.504 e. The zero-order valence-electron chi connectivity index (χ0n) is 13.7. The lowest BCUT2D eigenvalue weighted by Gasteiger charge is -2.06. The van der Waals surface area contributed by atoms with E-state index in [1.165, 1.54) is 5.56 Å². The number of aryl methyl sites for hydroxylation is 2. The molecule has 0 saturated carbocycles. The molecule has 0 atom stereocenters. The van der Waals surface area contributed by atoms with Crippen LogP contribution in [0.1, 0.15) is 25.3 Å². The van der Waals surface area contributed by atoms with Crippen molar-refractivity contribution in [1.82, 2.24) is 9.78 Å². The molecule has 0 unspecified atom stereocenters. The van der Waals surface area contributed by atoms with Gasteiger partial charge in [0.05, 0.1) is 0 Å². The average molecular weight is 306 g/mol. The maximum Gasteiger partial charge on any atom is 0.169 e. The van der Waals surface area contributed by atoms with E-state index in [4.69, 9.17) is 5.10 Å². The van der Waals surface area contributed by atoms with Crippen LogP contribution in [-0.2, 0) is 6.54 Å². The fraction of sp³-hybridized carbons (Fsp3) is 0.250. The Morgan fingerprint density at radius 1 is 0.957 bits per heavy atom. The molecule has 1 N–H and O–H groups in total. The van der Waals surface area contributed by atoms with Crippen LogP contribution in [0.25, 0.3) is 22.5 Å². The van der Waals surface area contributed by atoms with E-state index in [2.05, 4.69) is 13.8 Å². The molecule has 1 heterocycles. The van der Waals surface area contributed by atoms with Crippen LogP contribution in [0.4, 0.5) is 0 Å². The molecule has 0 spiro atoms. The lowest BCUT2D eigenvalue weighted by atomic mass is 10.1. The van der Waals surface area contributed by atoms with E-state index in [9.17, 15) is 5.11 Å². The molecule has 2 aromatic carbocycles. The minimum Gasteiger partial charge on any atom is -0.504 e. The number of hydrogen-bond donors (Lipinski definition) is 1. The SMILES string of the molecule is CCCCn1nc(-c2ccc(C)cc2)c(O)c1-c1ccccc1. The van der Waals surface area contributed by atoms with Gasteiger partial charge < -0.3 is 5.11 Å². The van der Waals surface area contributed by atoms with E-state index in [-0.39, 0.29) is 5.75 Å². The number of benzene rings is 2. The number of aromatic hydroxyl groups is 1. The van der Waals surface area contributed by atoms with Gasteiger partial charge in [0.15, 0.2) is 5.75 Å². The molecule has 0 bridgehead atoms. The molecule has 0 aliphatic heterocycles. The van der Waals surface area contributed by atoms with Gasteiger partial charge in [-0.1, -0.05) is 73.5 Å². The summed E-state index contributed by atoms with van der Waals surface area (Å²) in [6.07, 6.45) is 2.13. The standard InChI is InChI=1S/C20H22N2O/c1-3-4-14-22-19(17-8-6-5-7-9-17)20(23)18(21-22)16-12-10-15(2)11-13-16/h5-13,23H,3-4,14H2,1-2H3. The third-order valence-electron chi connectivity index (χ3n) is 4.02. The highest BCUT2D eigenvalue weighted by molar-refractivity contribution is 5.78. The molecule has 0 saturated heterocycles. The van der Waals surface area contributed by atoms with E-state index in [0.717, 1.165) is 36.2 Å². The maximum absolute atomic E-state index is 10.8. The summed E-state index contributed by atoms with van der Waals surface area (Å²) in [6, 6.07) is 18.1. The molecule has 0 aliphatic rings. The van der Waals surface area contributed by atoms with Crippen LogP contribution >= 0.6 is 0 Å². The summed E-state index contributed by atoms with van der Waals surface area (Å²) in [7, 11) is 0. The average Bonchev–Trinajstić information content (AvgIpc) is 2.91. The van der Waals surface area contributed by atoms with Gasteiger partial charge in [-0.15, -0.1) is 0 Å². The minimum absolute atomic E-state index is 0.260. The fourth-order valence-electron chi connectivity index (χ4n) is 2.71. The Hall–Kier alpha value is -2.55. The Kier molecular flexibility index (Phi) is 4.47. The number of aromatic nitrogens is 2. The van der Waals surface area contributed by atoms with Crippen LogP contribution < -0.4 is 0 Å². The number of rotatable bonds is 5. The lowest BCUT2D eigenvalue weighted by Crippen LogP contribution is -2.02. The zero-order valence-corrected chi connectivity index (χ0v) is 13.7. The fourth-order valence-corrected chi connectivity index (χ4v) is 2.71. The number of hydrogen-bond acceptors (Lipinski definition) is 2. The molecule has 0 amide bonds. The smallest absolute Gasteiger partial charge is 0.169 e. The highest BCUT2D eigenvalue weighted by Gasteiger charge is 2.19. The van der Waals surface area contributed by atoms with Crippen molar-refractivity contribution in [2.45, 2.75) is 33.2 Å². The second-order valence-electron chi connectivity index (χ2n) is 5.85. The first-order valence-electron chi connectivity index (χ1n) is 8.13. The van der Waals surface area contributed by atoms with Crippen molar-refractivity contribution < 1.29 is 5.11 Å². The lowest BCUT2D eigenvalue weighted by molar-refractivity contribution is 0.477. The Labute approximate surface area is 137 Å². The van der Waals surface area contributed by atoms with Gasteiger partial charge in [0, 0.05) is 17.7 Å². The molecule has 3 aromatic rings. The molecular formula is C20H22N2O. The topological polar surface area (TPSA) is 38.0 Å². The summed E-state index contributed by atoms with van der Waals surface area (Å²) in [4.78, 5) is 0. The molecule has 3 rings (SSSR count). The molecule has 23 heavy (non-hydrogen) atoms. The quantitative estimate of drug-likeness (QED) is 0.718. The third kappa shape index (κ3) is 3.14.